The van der Waals surface area contributed by atoms with Gasteiger partial charge in [-0.2, -0.15) is 0 Å². The molecule has 5 aromatic rings. The van der Waals surface area contributed by atoms with Gasteiger partial charge in [-0.05, 0) is 61.9 Å². The summed E-state index contributed by atoms with van der Waals surface area (Å²) in [7, 11) is 0. The van der Waals surface area contributed by atoms with E-state index in [2.05, 4.69) is 25.6 Å². The summed E-state index contributed by atoms with van der Waals surface area (Å²) in [5.41, 5.74) is 7.06. The molecule has 0 aliphatic rings. The summed E-state index contributed by atoms with van der Waals surface area (Å²) in [4.78, 5) is 25.8. The quantitative estimate of drug-likeness (QED) is 0.327. The molecule has 35 heavy (non-hydrogen) atoms. The average Bonchev–Trinajstić information content (AvgIpc) is 3.42. The van der Waals surface area contributed by atoms with Crippen molar-refractivity contribution in [2.24, 2.45) is 0 Å². The molecule has 172 valence electrons. The van der Waals surface area contributed by atoms with E-state index in [1.165, 1.54) is 0 Å². The molecule has 2 heterocycles. The van der Waals surface area contributed by atoms with Gasteiger partial charge in [0.05, 0.1) is 12.0 Å². The average molecular weight is 461 g/mol. The molecule has 0 unspecified atom stereocenters. The summed E-state index contributed by atoms with van der Waals surface area (Å²) in [6.45, 7) is 3.99. The molecule has 0 radical (unpaired) electrons. The van der Waals surface area contributed by atoms with Gasteiger partial charge in [0.25, 0.3) is 5.91 Å². The molecule has 7 heteroatoms. The predicted octanol–water partition coefficient (Wildman–Crippen LogP) is 5.94. The zero-order valence-electron chi connectivity index (χ0n) is 19.4. The van der Waals surface area contributed by atoms with E-state index in [1.807, 2.05) is 97.4 Å². The van der Waals surface area contributed by atoms with Gasteiger partial charge in [0.2, 0.25) is 5.95 Å². The fraction of sp³-hybridized carbons (Fsp3) is 0.0714. The van der Waals surface area contributed by atoms with E-state index in [0.717, 1.165) is 33.8 Å². The second-order valence-corrected chi connectivity index (χ2v) is 8.26. The van der Waals surface area contributed by atoms with Crippen LogP contribution in [0.5, 0.6) is 0 Å². The molecule has 0 saturated heterocycles. The summed E-state index contributed by atoms with van der Waals surface area (Å²) < 4.78 is 1.95. The van der Waals surface area contributed by atoms with Crippen LogP contribution in [0.2, 0.25) is 0 Å². The summed E-state index contributed by atoms with van der Waals surface area (Å²) >= 11 is 0. The number of amides is 1. The van der Waals surface area contributed by atoms with E-state index < -0.39 is 0 Å². The highest BCUT2D eigenvalue weighted by Crippen LogP contribution is 2.25. The van der Waals surface area contributed by atoms with E-state index in [4.69, 9.17) is 0 Å². The summed E-state index contributed by atoms with van der Waals surface area (Å²) in [5, 5.41) is 6.25. The van der Waals surface area contributed by atoms with Crippen LogP contribution in [0.1, 0.15) is 21.5 Å². The third-order valence-corrected chi connectivity index (χ3v) is 5.68. The van der Waals surface area contributed by atoms with Gasteiger partial charge in [0, 0.05) is 46.8 Å². The first-order valence-corrected chi connectivity index (χ1v) is 11.2. The Morgan fingerprint density at radius 2 is 1.69 bits per heavy atom. The third-order valence-electron chi connectivity index (χ3n) is 5.68. The summed E-state index contributed by atoms with van der Waals surface area (Å²) in [6.07, 6.45) is 7.15. The molecule has 7 nitrogen and oxygen atoms in total. The fourth-order valence-electron chi connectivity index (χ4n) is 3.66. The summed E-state index contributed by atoms with van der Waals surface area (Å²) in [6, 6.07) is 23.2. The van der Waals surface area contributed by atoms with Crippen LogP contribution in [0.4, 0.5) is 17.3 Å². The zero-order chi connectivity index (χ0) is 24.2. The monoisotopic (exact) mass is 460 g/mol. The van der Waals surface area contributed by atoms with Crippen LogP contribution in [0.25, 0.3) is 16.9 Å². The number of aryl methyl sites for hydroxylation is 2. The number of hydrogen-bond acceptors (Lipinski definition) is 5. The minimum Gasteiger partial charge on any atom is -0.324 e. The molecule has 0 fully saturated rings. The molecule has 5 rings (SSSR count). The Morgan fingerprint density at radius 1 is 0.886 bits per heavy atom. The highest BCUT2D eigenvalue weighted by Gasteiger charge is 2.09. The van der Waals surface area contributed by atoms with Crippen molar-refractivity contribution in [2.75, 3.05) is 10.6 Å². The smallest absolute Gasteiger partial charge is 0.255 e. The lowest BCUT2D eigenvalue weighted by Crippen LogP contribution is -2.12. The topological polar surface area (TPSA) is 84.7 Å². The van der Waals surface area contributed by atoms with Gasteiger partial charge in [-0.3, -0.25) is 4.79 Å². The lowest BCUT2D eigenvalue weighted by molar-refractivity contribution is 0.102. The van der Waals surface area contributed by atoms with Crippen molar-refractivity contribution in [3.05, 3.63) is 114 Å². The minimum absolute atomic E-state index is 0.155. The van der Waals surface area contributed by atoms with Gasteiger partial charge >= 0.3 is 0 Å². The maximum atomic E-state index is 12.6. The molecular formula is C28H24N6O. The van der Waals surface area contributed by atoms with Gasteiger partial charge in [-0.1, -0.05) is 35.9 Å². The number of rotatable bonds is 6. The van der Waals surface area contributed by atoms with Crippen LogP contribution in [0.3, 0.4) is 0 Å². The molecule has 2 aromatic heterocycles. The Morgan fingerprint density at radius 3 is 2.43 bits per heavy atom. The van der Waals surface area contributed by atoms with Gasteiger partial charge in [0.15, 0.2) is 0 Å². The number of nitrogens with one attached hydrogen (secondary N) is 2. The van der Waals surface area contributed by atoms with Crippen molar-refractivity contribution in [1.29, 1.82) is 0 Å². The van der Waals surface area contributed by atoms with Crippen LogP contribution in [-0.4, -0.2) is 25.4 Å². The van der Waals surface area contributed by atoms with Crippen molar-refractivity contribution in [3.63, 3.8) is 0 Å². The first-order chi connectivity index (χ1) is 17.0. The Bertz CT molecular complexity index is 1460. The number of aromatic nitrogens is 4. The Kier molecular flexibility index (Phi) is 6.05. The van der Waals surface area contributed by atoms with Crippen molar-refractivity contribution in [3.8, 4) is 16.9 Å². The van der Waals surface area contributed by atoms with E-state index in [0.29, 0.717) is 17.2 Å². The number of hydrogen-bond donors (Lipinski definition) is 2. The lowest BCUT2D eigenvalue weighted by atomic mass is 10.1. The molecule has 1 amide bonds. The first-order valence-electron chi connectivity index (χ1n) is 11.2. The Balaban J connectivity index is 1.33. The maximum Gasteiger partial charge on any atom is 0.255 e. The van der Waals surface area contributed by atoms with Crippen molar-refractivity contribution in [1.82, 2.24) is 19.5 Å². The van der Waals surface area contributed by atoms with Crippen LogP contribution in [0, 0.1) is 13.8 Å². The number of anilines is 3. The van der Waals surface area contributed by atoms with Crippen LogP contribution >= 0.6 is 0 Å². The molecule has 0 aliphatic carbocycles. The normalized spacial score (nSPS) is 10.7. The van der Waals surface area contributed by atoms with Crippen LogP contribution in [-0.2, 0) is 0 Å². The molecule has 0 aliphatic heterocycles. The van der Waals surface area contributed by atoms with Gasteiger partial charge in [-0.25, -0.2) is 15.0 Å². The first kappa shape index (κ1) is 22.0. The van der Waals surface area contributed by atoms with Gasteiger partial charge in [0.1, 0.15) is 0 Å². The zero-order valence-corrected chi connectivity index (χ0v) is 19.4. The van der Waals surface area contributed by atoms with E-state index in [9.17, 15) is 4.79 Å². The number of nitrogens with zero attached hydrogens (tertiary/aromatic N) is 4. The predicted molar refractivity (Wildman–Crippen MR) is 138 cm³/mol. The molecule has 0 atom stereocenters. The Hall–Kier alpha value is -4.78. The molecule has 3 aromatic carbocycles. The molecule has 0 spiro atoms. The second-order valence-electron chi connectivity index (χ2n) is 8.26. The molecule has 2 N–H and O–H groups in total. The summed E-state index contributed by atoms with van der Waals surface area (Å²) in [5.74, 6) is 0.323. The second kappa shape index (κ2) is 9.61. The van der Waals surface area contributed by atoms with Crippen molar-refractivity contribution < 1.29 is 4.79 Å². The number of carbonyl (C=O) groups is 1. The van der Waals surface area contributed by atoms with Gasteiger partial charge in [-0.15, -0.1) is 0 Å². The lowest BCUT2D eigenvalue weighted by Gasteiger charge is -2.12. The molecule has 0 saturated carbocycles. The number of imidazole rings is 1. The molecule has 0 bridgehead atoms. The van der Waals surface area contributed by atoms with Crippen molar-refractivity contribution in [2.45, 2.75) is 13.8 Å². The minimum atomic E-state index is -0.155. The highest BCUT2D eigenvalue weighted by atomic mass is 16.1. The third kappa shape index (κ3) is 5.09. The number of benzene rings is 3. The maximum absolute atomic E-state index is 12.6. The Labute approximate surface area is 203 Å². The SMILES string of the molecule is Cc1ccc(C(=O)Nc2ccc(C)c(Nc3nccc(-c4ccc(-n5ccnc5)cc4)n3)c2)cc1. The number of carbonyl (C=O) groups excluding carboxylic acids is 1. The van der Waals surface area contributed by atoms with E-state index in [-0.39, 0.29) is 5.91 Å². The highest BCUT2D eigenvalue weighted by molar-refractivity contribution is 6.04. The van der Waals surface area contributed by atoms with Gasteiger partial charge < -0.3 is 15.2 Å². The van der Waals surface area contributed by atoms with Crippen LogP contribution < -0.4 is 10.6 Å². The molecular weight excluding hydrogens is 436 g/mol. The standard InChI is InChI=1S/C28H24N6O/c1-19-3-6-22(7-4-19)27(35)31-23-10-5-20(2)26(17-23)33-28-30-14-13-25(32-28)21-8-11-24(12-9-21)34-16-15-29-18-34/h3-18H,1-2H3,(H,31,35)(H,30,32,33). The largest absolute Gasteiger partial charge is 0.324 e. The fourth-order valence-corrected chi connectivity index (χ4v) is 3.66. The van der Waals surface area contributed by atoms with E-state index in [1.54, 1.807) is 18.7 Å². The van der Waals surface area contributed by atoms with Crippen molar-refractivity contribution >= 4 is 23.2 Å². The van der Waals surface area contributed by atoms with Crippen LogP contribution in [0.15, 0.2) is 97.7 Å². The van der Waals surface area contributed by atoms with E-state index >= 15 is 0 Å².